The van der Waals surface area contributed by atoms with Gasteiger partial charge >= 0.3 is 12.1 Å². The van der Waals surface area contributed by atoms with Gasteiger partial charge in [-0.25, -0.2) is 0 Å². The van der Waals surface area contributed by atoms with Crippen LogP contribution < -0.4 is 5.73 Å². The third kappa shape index (κ3) is 2.12. The lowest BCUT2D eigenvalue weighted by molar-refractivity contribution is -0.188. The second-order valence-corrected chi connectivity index (χ2v) is 4.08. The SMILES string of the molecule is C[C@H]1C[C@@H](C(N)=O)N(C(=O)C(F)(F)F)[C@H]1C. The number of hydrogen-bond acceptors (Lipinski definition) is 2. The molecule has 1 aliphatic rings. The average molecular weight is 238 g/mol. The molecule has 0 aliphatic carbocycles. The Hall–Kier alpha value is -1.27. The first-order chi connectivity index (χ1) is 7.16. The molecule has 0 radical (unpaired) electrons. The van der Waals surface area contributed by atoms with E-state index in [2.05, 4.69) is 0 Å². The number of nitrogens with two attached hydrogens (primary N) is 1. The Kier molecular flexibility index (Phi) is 3.16. The molecule has 3 atom stereocenters. The zero-order chi connectivity index (χ0) is 12.7. The number of rotatable bonds is 1. The molecule has 0 unspecified atom stereocenters. The van der Waals surface area contributed by atoms with E-state index in [0.717, 1.165) is 0 Å². The smallest absolute Gasteiger partial charge is 0.368 e. The van der Waals surface area contributed by atoms with Crippen LogP contribution in [0.1, 0.15) is 20.3 Å². The molecule has 1 fully saturated rings. The standard InChI is InChI=1S/C9H13F3N2O2/c1-4-3-6(7(13)15)14(5(4)2)8(16)9(10,11)12/h4-6H,3H2,1-2H3,(H2,13,15)/t4-,5-,6-/m0/s1. The van der Waals surface area contributed by atoms with Crippen LogP contribution in [0.25, 0.3) is 0 Å². The number of nitrogens with zero attached hydrogens (tertiary/aromatic N) is 1. The fraction of sp³-hybridized carbons (Fsp3) is 0.778. The maximum Gasteiger partial charge on any atom is 0.471 e. The molecular formula is C9H13F3N2O2. The monoisotopic (exact) mass is 238 g/mol. The van der Waals surface area contributed by atoms with Crippen LogP contribution in [0.3, 0.4) is 0 Å². The summed E-state index contributed by atoms with van der Waals surface area (Å²) >= 11 is 0. The average Bonchev–Trinajstić information content (AvgIpc) is 2.41. The number of carbonyl (C=O) groups excluding carboxylic acids is 2. The number of hydrogen-bond donors (Lipinski definition) is 1. The highest BCUT2D eigenvalue weighted by molar-refractivity contribution is 5.90. The number of alkyl halides is 3. The predicted octanol–water partition coefficient (Wildman–Crippen LogP) is 0.659. The van der Waals surface area contributed by atoms with E-state index >= 15 is 0 Å². The molecule has 16 heavy (non-hydrogen) atoms. The number of carbonyl (C=O) groups is 2. The highest BCUT2D eigenvalue weighted by Crippen LogP contribution is 2.33. The molecule has 2 N–H and O–H groups in total. The molecule has 0 bridgehead atoms. The van der Waals surface area contributed by atoms with E-state index in [9.17, 15) is 22.8 Å². The largest absolute Gasteiger partial charge is 0.471 e. The lowest BCUT2D eigenvalue weighted by Gasteiger charge is -2.28. The zero-order valence-electron chi connectivity index (χ0n) is 8.91. The van der Waals surface area contributed by atoms with Crippen molar-refractivity contribution >= 4 is 11.8 Å². The van der Waals surface area contributed by atoms with E-state index in [4.69, 9.17) is 5.73 Å². The van der Waals surface area contributed by atoms with Crippen molar-refractivity contribution in [1.82, 2.24) is 4.90 Å². The number of halogens is 3. The summed E-state index contributed by atoms with van der Waals surface area (Å²) in [5, 5.41) is 0. The minimum absolute atomic E-state index is 0.177. The van der Waals surface area contributed by atoms with Crippen molar-refractivity contribution in [2.45, 2.75) is 38.5 Å². The second-order valence-electron chi connectivity index (χ2n) is 4.08. The van der Waals surface area contributed by atoms with Gasteiger partial charge in [0.1, 0.15) is 6.04 Å². The van der Waals surface area contributed by atoms with Gasteiger partial charge in [-0.3, -0.25) is 9.59 Å². The van der Waals surface area contributed by atoms with Crippen LogP contribution in [0.4, 0.5) is 13.2 Å². The van der Waals surface area contributed by atoms with Crippen molar-refractivity contribution in [2.75, 3.05) is 0 Å². The third-order valence-electron chi connectivity index (χ3n) is 3.00. The van der Waals surface area contributed by atoms with Gasteiger partial charge in [-0.05, 0) is 19.3 Å². The molecule has 1 saturated heterocycles. The summed E-state index contributed by atoms with van der Waals surface area (Å²) in [6, 6.07) is -1.79. The Morgan fingerprint density at radius 2 is 1.81 bits per heavy atom. The molecule has 92 valence electrons. The van der Waals surface area contributed by atoms with E-state index in [-0.39, 0.29) is 12.3 Å². The van der Waals surface area contributed by atoms with E-state index in [1.54, 1.807) is 6.92 Å². The first-order valence-corrected chi connectivity index (χ1v) is 4.85. The summed E-state index contributed by atoms with van der Waals surface area (Å²) in [5.41, 5.74) is 4.99. The van der Waals surface area contributed by atoms with Crippen LogP contribution >= 0.6 is 0 Å². The van der Waals surface area contributed by atoms with Gasteiger partial charge < -0.3 is 10.6 Å². The predicted molar refractivity (Wildman–Crippen MR) is 49.1 cm³/mol. The van der Waals surface area contributed by atoms with Gasteiger partial charge in [-0.2, -0.15) is 13.2 Å². The fourth-order valence-electron chi connectivity index (χ4n) is 1.95. The van der Waals surface area contributed by atoms with Crippen LogP contribution in [-0.2, 0) is 9.59 Å². The van der Waals surface area contributed by atoms with Crippen molar-refractivity contribution in [2.24, 2.45) is 11.7 Å². The first kappa shape index (κ1) is 12.8. The van der Waals surface area contributed by atoms with E-state index in [0.29, 0.717) is 4.90 Å². The Morgan fingerprint density at radius 1 is 1.31 bits per heavy atom. The first-order valence-electron chi connectivity index (χ1n) is 4.85. The Balaban J connectivity index is 2.99. The number of likely N-dealkylation sites (tertiary alicyclic amines) is 1. The van der Waals surface area contributed by atoms with Crippen molar-refractivity contribution in [3.8, 4) is 0 Å². The van der Waals surface area contributed by atoms with Gasteiger partial charge in [0.05, 0.1) is 0 Å². The minimum Gasteiger partial charge on any atom is -0.368 e. The summed E-state index contributed by atoms with van der Waals surface area (Å²) in [7, 11) is 0. The van der Waals surface area contributed by atoms with Crippen LogP contribution in [0.2, 0.25) is 0 Å². The normalized spacial score (nSPS) is 30.6. The van der Waals surface area contributed by atoms with Gasteiger partial charge in [0.15, 0.2) is 0 Å². The summed E-state index contributed by atoms with van der Waals surface area (Å²) in [6.07, 6.45) is -4.79. The quantitative estimate of drug-likeness (QED) is 0.729. The topological polar surface area (TPSA) is 63.4 Å². The molecule has 2 amide bonds. The van der Waals surface area contributed by atoms with Crippen LogP contribution in [0.15, 0.2) is 0 Å². The lowest BCUT2D eigenvalue weighted by Crippen LogP contribution is -2.51. The van der Waals surface area contributed by atoms with Gasteiger partial charge in [0.2, 0.25) is 5.91 Å². The Bertz CT molecular complexity index is 316. The Labute approximate surface area is 90.6 Å². The molecule has 0 saturated carbocycles. The fourth-order valence-corrected chi connectivity index (χ4v) is 1.95. The number of amides is 2. The van der Waals surface area contributed by atoms with Gasteiger partial charge in [0, 0.05) is 6.04 Å². The van der Waals surface area contributed by atoms with Gasteiger partial charge in [0.25, 0.3) is 0 Å². The molecule has 1 heterocycles. The zero-order valence-corrected chi connectivity index (χ0v) is 8.91. The molecular weight excluding hydrogens is 225 g/mol. The second kappa shape index (κ2) is 3.95. The highest BCUT2D eigenvalue weighted by Gasteiger charge is 2.51. The van der Waals surface area contributed by atoms with Crippen molar-refractivity contribution in [3.63, 3.8) is 0 Å². The molecule has 0 spiro atoms. The van der Waals surface area contributed by atoms with Gasteiger partial charge in [-0.1, -0.05) is 6.92 Å². The van der Waals surface area contributed by atoms with Crippen LogP contribution in [0, 0.1) is 5.92 Å². The number of primary amides is 1. The van der Waals surface area contributed by atoms with Crippen molar-refractivity contribution in [1.29, 1.82) is 0 Å². The molecule has 1 aliphatic heterocycles. The minimum atomic E-state index is -4.97. The summed E-state index contributed by atoms with van der Waals surface area (Å²) in [5.74, 6) is -3.06. The summed E-state index contributed by atoms with van der Waals surface area (Å²) in [6.45, 7) is 3.17. The molecule has 0 aromatic rings. The molecule has 4 nitrogen and oxygen atoms in total. The van der Waals surface area contributed by atoms with Crippen LogP contribution in [-0.4, -0.2) is 35.0 Å². The van der Waals surface area contributed by atoms with E-state index < -0.39 is 30.1 Å². The third-order valence-corrected chi connectivity index (χ3v) is 3.00. The van der Waals surface area contributed by atoms with E-state index in [1.807, 2.05) is 0 Å². The summed E-state index contributed by atoms with van der Waals surface area (Å²) in [4.78, 5) is 22.7. The van der Waals surface area contributed by atoms with Crippen LogP contribution in [0.5, 0.6) is 0 Å². The molecule has 0 aromatic heterocycles. The highest BCUT2D eigenvalue weighted by atomic mass is 19.4. The van der Waals surface area contributed by atoms with Crippen molar-refractivity contribution < 1.29 is 22.8 Å². The molecule has 1 rings (SSSR count). The maximum atomic E-state index is 12.3. The lowest BCUT2D eigenvalue weighted by atomic mass is 10.0. The maximum absolute atomic E-state index is 12.3. The summed E-state index contributed by atoms with van der Waals surface area (Å²) < 4.78 is 36.9. The van der Waals surface area contributed by atoms with Crippen molar-refractivity contribution in [3.05, 3.63) is 0 Å². The van der Waals surface area contributed by atoms with E-state index in [1.165, 1.54) is 6.92 Å². The Morgan fingerprint density at radius 3 is 2.19 bits per heavy atom. The van der Waals surface area contributed by atoms with Gasteiger partial charge in [-0.15, -0.1) is 0 Å². The molecule has 0 aromatic carbocycles. The molecule has 7 heteroatoms.